The summed E-state index contributed by atoms with van der Waals surface area (Å²) in [7, 11) is 0. The van der Waals surface area contributed by atoms with Crippen molar-refractivity contribution < 1.29 is 26.7 Å². The Morgan fingerprint density at radius 3 is 2.64 bits per heavy atom. The van der Waals surface area contributed by atoms with E-state index in [1.807, 2.05) is 6.07 Å². The van der Waals surface area contributed by atoms with Crippen molar-refractivity contribution in [3.8, 4) is 0 Å². The van der Waals surface area contributed by atoms with E-state index >= 15 is 0 Å². The Morgan fingerprint density at radius 1 is 1.24 bits per heavy atom. The van der Waals surface area contributed by atoms with E-state index in [-0.39, 0.29) is 18.2 Å². The van der Waals surface area contributed by atoms with E-state index in [1.54, 1.807) is 43.3 Å². The summed E-state index contributed by atoms with van der Waals surface area (Å²) in [6.07, 6.45) is 0.238. The van der Waals surface area contributed by atoms with Gasteiger partial charge in [0.05, 0.1) is 11.4 Å². The minimum atomic E-state index is -1.09. The molecule has 0 saturated heterocycles. The van der Waals surface area contributed by atoms with Crippen molar-refractivity contribution in [2.45, 2.75) is 19.6 Å². The number of alkyl halides is 1. The molecule has 2 aromatic carbocycles. The van der Waals surface area contributed by atoms with E-state index in [9.17, 15) is 14.9 Å². The first-order chi connectivity index (χ1) is 15.3. The predicted molar refractivity (Wildman–Crippen MR) is 126 cm³/mol. The van der Waals surface area contributed by atoms with E-state index in [0.29, 0.717) is 50.3 Å². The molecule has 0 fully saturated rings. The molecule has 1 aliphatic heterocycles. The third-order valence-electron chi connectivity index (χ3n) is 5.16. The molecule has 1 atom stereocenters. The molecule has 1 amide bonds. The summed E-state index contributed by atoms with van der Waals surface area (Å²) in [6, 6.07) is 12.2. The van der Waals surface area contributed by atoms with Gasteiger partial charge in [-0.2, -0.15) is 9.13 Å². The molecule has 4 rings (SSSR count). The van der Waals surface area contributed by atoms with Crippen LogP contribution < -0.4 is 22.3 Å². The van der Waals surface area contributed by atoms with Gasteiger partial charge in [-0.3, -0.25) is 4.79 Å². The number of amides is 1. The van der Waals surface area contributed by atoms with Crippen molar-refractivity contribution in [3.05, 3.63) is 85.8 Å². The fraction of sp³-hybridized carbons (Fsp3) is 0.190. The first-order valence-electron chi connectivity index (χ1n) is 9.57. The van der Waals surface area contributed by atoms with Gasteiger partial charge in [0.15, 0.2) is 6.20 Å². The normalized spacial score (nSPS) is 15.1. The second kappa shape index (κ2) is 10.2. The van der Waals surface area contributed by atoms with Crippen molar-refractivity contribution in [2.75, 3.05) is 10.6 Å². The first kappa shape index (κ1) is 25.2. The van der Waals surface area contributed by atoms with Crippen LogP contribution in [0.5, 0.6) is 0 Å². The molecule has 1 unspecified atom stereocenters. The van der Waals surface area contributed by atoms with Crippen LogP contribution >= 0.6 is 39.1 Å². The molecule has 0 aliphatic carbocycles. The van der Waals surface area contributed by atoms with E-state index in [4.69, 9.17) is 28.2 Å². The van der Waals surface area contributed by atoms with Gasteiger partial charge >= 0.3 is 5.82 Å². The minimum Gasteiger partial charge on any atom is -1.00 e. The maximum absolute atomic E-state index is 13.2. The van der Waals surface area contributed by atoms with E-state index in [0.717, 1.165) is 0 Å². The number of hydrogen-bond donors (Lipinski definition) is 1. The quantitative estimate of drug-likeness (QED) is 0.218. The van der Waals surface area contributed by atoms with Crippen LogP contribution in [0.4, 0.5) is 11.5 Å². The minimum absolute atomic E-state index is 0. The van der Waals surface area contributed by atoms with E-state index < -0.39 is 17.0 Å². The molecule has 0 radical (unpaired) electrons. The van der Waals surface area contributed by atoms with Crippen LogP contribution in [0.3, 0.4) is 0 Å². The molecule has 1 aromatic heterocycles. The van der Waals surface area contributed by atoms with Crippen molar-refractivity contribution >= 4 is 62.3 Å². The Labute approximate surface area is 213 Å². The average Bonchev–Trinajstić information content (AvgIpc) is 3.00. The molecule has 3 aromatic rings. The fourth-order valence-electron chi connectivity index (χ4n) is 3.67. The Balaban J connectivity index is 0.00000306. The van der Waals surface area contributed by atoms with Crippen molar-refractivity contribution in [1.29, 1.82) is 0 Å². The number of benzene rings is 2. The summed E-state index contributed by atoms with van der Waals surface area (Å²) in [5, 5.41) is 15.9. The lowest BCUT2D eigenvalue weighted by atomic mass is 10.0. The molecule has 0 bridgehead atoms. The molecule has 33 heavy (non-hydrogen) atoms. The summed E-state index contributed by atoms with van der Waals surface area (Å²) in [5.74, 6) is -0.0498. The number of aromatic nitrogens is 2. The Bertz CT molecular complexity index is 1280. The number of aliphatic imine (C=N–C) groups is 1. The SMILES string of the molecule is Cc1n(CCBr)c([N+](=O)[O-])c[n+]1C1N=C(c2ccccc2Cl)c2cc(Cl)ccc2NC1=O.[Cl-]. The van der Waals surface area contributed by atoms with Gasteiger partial charge < -0.3 is 27.8 Å². The summed E-state index contributed by atoms with van der Waals surface area (Å²) in [5.41, 5.74) is 2.20. The van der Waals surface area contributed by atoms with Crippen molar-refractivity contribution in [1.82, 2.24) is 4.57 Å². The second-order valence-corrected chi connectivity index (χ2v) is 8.69. The number of halogens is 4. The molecule has 12 heteroatoms. The fourth-order valence-corrected chi connectivity index (χ4v) is 4.42. The smallest absolute Gasteiger partial charge is 0.365 e. The van der Waals surface area contributed by atoms with Gasteiger partial charge in [-0.1, -0.05) is 57.3 Å². The lowest BCUT2D eigenvalue weighted by molar-refractivity contribution is -0.713. The molecule has 1 N–H and O–H groups in total. The average molecular weight is 574 g/mol. The zero-order chi connectivity index (χ0) is 23.0. The Morgan fingerprint density at radius 2 is 1.97 bits per heavy atom. The number of nitro groups is 1. The number of carbonyl (C=O) groups excluding carboxylic acids is 1. The number of carbonyl (C=O) groups is 1. The lowest BCUT2D eigenvalue weighted by Crippen LogP contribution is -3.00. The number of rotatable bonds is 5. The van der Waals surface area contributed by atoms with Crippen LogP contribution in [0.1, 0.15) is 23.1 Å². The first-order valence-corrected chi connectivity index (χ1v) is 11.4. The summed E-state index contributed by atoms with van der Waals surface area (Å²) in [4.78, 5) is 29.1. The van der Waals surface area contributed by atoms with Gasteiger partial charge in [-0.15, -0.1) is 0 Å². The van der Waals surface area contributed by atoms with Gasteiger partial charge in [0.2, 0.25) is 0 Å². The third-order valence-corrected chi connectivity index (χ3v) is 6.08. The van der Waals surface area contributed by atoms with Crippen LogP contribution in [0.2, 0.25) is 10.0 Å². The standard InChI is InChI=1S/C21H16BrCl2N5O3.ClH/c1-12-27(9-8-22)18(29(31)32)11-28(12)20-21(30)25-17-7-6-13(23)10-15(17)19(26-20)14-4-2-3-5-16(14)24;/h2-7,10-11,20H,8-9H2,1H3;1H. The van der Waals surface area contributed by atoms with Gasteiger partial charge in [0, 0.05) is 33.4 Å². The number of benzodiazepines with no additional fused rings is 1. The maximum atomic E-state index is 13.2. The van der Waals surface area contributed by atoms with Crippen LogP contribution in [0, 0.1) is 17.0 Å². The molecule has 8 nitrogen and oxygen atoms in total. The molecule has 2 heterocycles. The van der Waals surface area contributed by atoms with E-state index in [2.05, 4.69) is 21.2 Å². The highest BCUT2D eigenvalue weighted by atomic mass is 79.9. The zero-order valence-corrected chi connectivity index (χ0v) is 21.0. The summed E-state index contributed by atoms with van der Waals surface area (Å²) < 4.78 is 3.03. The van der Waals surface area contributed by atoms with Crippen LogP contribution in [-0.2, 0) is 11.3 Å². The van der Waals surface area contributed by atoms with Crippen LogP contribution in [-0.4, -0.2) is 26.4 Å². The monoisotopic (exact) mass is 571 g/mol. The van der Waals surface area contributed by atoms with Gasteiger partial charge in [-0.25, -0.2) is 4.99 Å². The van der Waals surface area contributed by atoms with Gasteiger partial charge in [-0.05, 0) is 29.2 Å². The number of fused-ring (bicyclic) bond motifs is 1. The number of anilines is 1. The summed E-state index contributed by atoms with van der Waals surface area (Å²) >= 11 is 16.0. The molecular formula is C21H17BrCl3N5O3. The van der Waals surface area contributed by atoms with E-state index in [1.165, 1.54) is 15.3 Å². The molecule has 0 saturated carbocycles. The topological polar surface area (TPSA) is 93.4 Å². The summed E-state index contributed by atoms with van der Waals surface area (Å²) in [6.45, 7) is 2.07. The lowest BCUT2D eigenvalue weighted by Gasteiger charge is -2.11. The highest BCUT2D eigenvalue weighted by Crippen LogP contribution is 2.31. The van der Waals surface area contributed by atoms with Crippen LogP contribution in [0.25, 0.3) is 0 Å². The Kier molecular flexibility index (Phi) is 7.79. The predicted octanol–water partition coefficient (Wildman–Crippen LogP) is 1.69. The highest BCUT2D eigenvalue weighted by Gasteiger charge is 2.36. The van der Waals surface area contributed by atoms with Crippen molar-refractivity contribution in [2.24, 2.45) is 4.99 Å². The zero-order valence-electron chi connectivity index (χ0n) is 17.1. The third kappa shape index (κ3) is 4.77. The molecule has 1 aliphatic rings. The molecule has 0 spiro atoms. The second-order valence-electron chi connectivity index (χ2n) is 7.05. The number of imidazole rings is 1. The highest BCUT2D eigenvalue weighted by molar-refractivity contribution is 9.09. The van der Waals surface area contributed by atoms with Gasteiger partial charge in [0.25, 0.3) is 17.9 Å². The maximum Gasteiger partial charge on any atom is 0.365 e. The van der Waals surface area contributed by atoms with Gasteiger partial charge in [0.1, 0.15) is 6.54 Å². The molecular weight excluding hydrogens is 557 g/mol. The largest absolute Gasteiger partial charge is 1.00 e. The number of nitrogens with one attached hydrogen (secondary N) is 1. The number of nitrogens with zero attached hydrogens (tertiary/aromatic N) is 4. The number of hydrogen-bond acceptors (Lipinski definition) is 4. The van der Waals surface area contributed by atoms with Crippen LogP contribution in [0.15, 0.2) is 53.7 Å². The molecule has 172 valence electrons. The Hall–Kier alpha value is -2.46. The van der Waals surface area contributed by atoms with Crippen molar-refractivity contribution in [3.63, 3.8) is 0 Å².